The lowest BCUT2D eigenvalue weighted by Gasteiger charge is -2.14. The van der Waals surface area contributed by atoms with E-state index in [-0.39, 0.29) is 0 Å². The minimum Gasteiger partial charge on any atom is -0.321 e. The van der Waals surface area contributed by atoms with E-state index in [1.807, 2.05) is 31.2 Å². The highest BCUT2D eigenvalue weighted by molar-refractivity contribution is 9.11. The van der Waals surface area contributed by atoms with Crippen LogP contribution in [-0.4, -0.2) is 20.2 Å². The summed E-state index contributed by atoms with van der Waals surface area (Å²) >= 11 is 7.25. The van der Waals surface area contributed by atoms with Gasteiger partial charge >= 0.3 is 0 Å². The molecule has 1 heterocycles. The van der Waals surface area contributed by atoms with Gasteiger partial charge in [-0.1, -0.05) is 17.2 Å². The van der Waals surface area contributed by atoms with E-state index in [0.29, 0.717) is 5.95 Å². The molecule has 0 unspecified atom stereocenters. The minimum atomic E-state index is 0.556. The molecular formula is C16H15Br2N5. The second-order valence-electron chi connectivity index (χ2n) is 5.37. The van der Waals surface area contributed by atoms with Crippen molar-refractivity contribution in [3.05, 3.63) is 56.0 Å². The van der Waals surface area contributed by atoms with Crippen LogP contribution in [0.5, 0.6) is 0 Å². The zero-order valence-electron chi connectivity index (χ0n) is 12.9. The Hall–Kier alpha value is -1.73. The summed E-state index contributed by atoms with van der Waals surface area (Å²) in [7, 11) is 0. The number of hydrogen-bond acceptors (Lipinski definition) is 4. The van der Waals surface area contributed by atoms with Crippen LogP contribution >= 0.6 is 31.9 Å². The van der Waals surface area contributed by atoms with Crippen molar-refractivity contribution in [1.82, 2.24) is 20.2 Å². The van der Waals surface area contributed by atoms with E-state index in [4.69, 9.17) is 0 Å². The van der Waals surface area contributed by atoms with E-state index in [2.05, 4.69) is 72.6 Å². The van der Waals surface area contributed by atoms with Crippen molar-refractivity contribution >= 4 is 43.5 Å². The maximum absolute atomic E-state index is 4.10. The van der Waals surface area contributed by atoms with Crippen LogP contribution in [0.2, 0.25) is 0 Å². The van der Waals surface area contributed by atoms with Gasteiger partial charge in [0.05, 0.1) is 11.4 Å². The Morgan fingerprint density at radius 1 is 1.09 bits per heavy atom. The molecule has 0 bridgehead atoms. The molecule has 0 saturated carbocycles. The van der Waals surface area contributed by atoms with Gasteiger partial charge in [0, 0.05) is 8.95 Å². The van der Waals surface area contributed by atoms with E-state index >= 15 is 0 Å². The number of rotatable bonds is 3. The molecule has 0 amide bonds. The number of halogens is 2. The Kier molecular flexibility index (Phi) is 4.50. The highest BCUT2D eigenvalue weighted by atomic mass is 79.9. The topological polar surface area (TPSA) is 55.6 Å². The van der Waals surface area contributed by atoms with E-state index < -0.39 is 0 Å². The van der Waals surface area contributed by atoms with Gasteiger partial charge in [-0.3, -0.25) is 0 Å². The fourth-order valence-electron chi connectivity index (χ4n) is 2.26. The van der Waals surface area contributed by atoms with Crippen LogP contribution < -0.4 is 5.32 Å². The number of nitrogens with zero attached hydrogens (tertiary/aromatic N) is 4. The molecule has 0 radical (unpaired) electrons. The standard InChI is InChI=1S/C16H15Br2N5/c1-9-5-4-6-12(7-9)23-16(20-21-22-23)19-15-13(17)8-10(2)11(3)14(15)18/h4-8H,1-3H3,(H,19,20,22). The molecule has 1 N–H and O–H groups in total. The third-order valence-corrected chi connectivity index (χ3v) is 5.29. The third-order valence-electron chi connectivity index (χ3n) is 3.67. The van der Waals surface area contributed by atoms with Crippen LogP contribution in [-0.2, 0) is 0 Å². The quantitative estimate of drug-likeness (QED) is 0.637. The van der Waals surface area contributed by atoms with Crippen LogP contribution in [0.3, 0.4) is 0 Å². The van der Waals surface area contributed by atoms with Crippen molar-refractivity contribution in [1.29, 1.82) is 0 Å². The fourth-order valence-corrected chi connectivity index (χ4v) is 3.79. The van der Waals surface area contributed by atoms with Crippen molar-refractivity contribution in [3.8, 4) is 5.69 Å². The van der Waals surface area contributed by atoms with Crippen LogP contribution in [0.25, 0.3) is 5.69 Å². The van der Waals surface area contributed by atoms with Gasteiger partial charge in [0.25, 0.3) is 5.95 Å². The Bertz CT molecular complexity index is 873. The average Bonchev–Trinajstić information content (AvgIpc) is 2.98. The lowest BCUT2D eigenvalue weighted by atomic mass is 10.1. The number of aromatic nitrogens is 4. The largest absolute Gasteiger partial charge is 0.321 e. The normalized spacial score (nSPS) is 10.8. The molecule has 1 aromatic heterocycles. The molecule has 0 aliphatic carbocycles. The molecule has 0 atom stereocenters. The molecule has 3 aromatic rings. The van der Waals surface area contributed by atoms with E-state index in [1.54, 1.807) is 4.68 Å². The Labute approximate surface area is 151 Å². The van der Waals surface area contributed by atoms with Crippen LogP contribution in [0.4, 0.5) is 11.6 Å². The number of tetrazole rings is 1. The summed E-state index contributed by atoms with van der Waals surface area (Å²) in [5, 5.41) is 15.3. The van der Waals surface area contributed by atoms with Gasteiger partial charge in [0.2, 0.25) is 0 Å². The van der Waals surface area contributed by atoms with Crippen molar-refractivity contribution in [2.75, 3.05) is 5.32 Å². The SMILES string of the molecule is Cc1cccc(-n2nnnc2Nc2c(Br)cc(C)c(C)c2Br)c1. The van der Waals surface area contributed by atoms with Gasteiger partial charge in [-0.25, -0.2) is 0 Å². The first-order chi connectivity index (χ1) is 11.0. The third kappa shape index (κ3) is 3.16. The molecule has 0 saturated heterocycles. The number of hydrogen-bond donors (Lipinski definition) is 1. The molecule has 0 aliphatic heterocycles. The Morgan fingerprint density at radius 3 is 2.61 bits per heavy atom. The molecule has 0 aliphatic rings. The van der Waals surface area contributed by atoms with Crippen molar-refractivity contribution < 1.29 is 0 Å². The maximum atomic E-state index is 4.10. The summed E-state index contributed by atoms with van der Waals surface area (Å²) in [5.74, 6) is 0.556. The second-order valence-corrected chi connectivity index (χ2v) is 7.01. The van der Waals surface area contributed by atoms with Gasteiger partial charge in [0.1, 0.15) is 0 Å². The lowest BCUT2D eigenvalue weighted by Crippen LogP contribution is -2.05. The number of anilines is 2. The van der Waals surface area contributed by atoms with Gasteiger partial charge in [-0.15, -0.1) is 0 Å². The molecule has 118 valence electrons. The van der Waals surface area contributed by atoms with Gasteiger partial charge in [0.15, 0.2) is 0 Å². The smallest absolute Gasteiger partial charge is 0.252 e. The Balaban J connectivity index is 2.04. The van der Waals surface area contributed by atoms with Crippen molar-refractivity contribution in [3.63, 3.8) is 0 Å². The minimum absolute atomic E-state index is 0.556. The number of benzene rings is 2. The molecule has 0 spiro atoms. The molecule has 2 aromatic carbocycles. The highest BCUT2D eigenvalue weighted by Gasteiger charge is 2.15. The number of aryl methyl sites for hydroxylation is 2. The summed E-state index contributed by atoms with van der Waals surface area (Å²) in [5.41, 5.74) is 5.33. The zero-order valence-corrected chi connectivity index (χ0v) is 16.1. The van der Waals surface area contributed by atoms with Gasteiger partial charge < -0.3 is 5.32 Å². The predicted molar refractivity (Wildman–Crippen MR) is 98.5 cm³/mol. The van der Waals surface area contributed by atoms with Crippen molar-refractivity contribution in [2.24, 2.45) is 0 Å². The number of nitrogens with one attached hydrogen (secondary N) is 1. The predicted octanol–water partition coefficient (Wildman–Crippen LogP) is 4.86. The van der Waals surface area contributed by atoms with E-state index in [9.17, 15) is 0 Å². The molecule has 5 nitrogen and oxygen atoms in total. The summed E-state index contributed by atoms with van der Waals surface area (Å²) in [4.78, 5) is 0. The van der Waals surface area contributed by atoms with Crippen LogP contribution in [0.1, 0.15) is 16.7 Å². The van der Waals surface area contributed by atoms with Crippen LogP contribution in [0, 0.1) is 20.8 Å². The first kappa shape index (κ1) is 16.1. The first-order valence-electron chi connectivity index (χ1n) is 7.05. The summed E-state index contributed by atoms with van der Waals surface area (Å²) in [6.45, 7) is 6.18. The monoisotopic (exact) mass is 435 g/mol. The molecule has 3 rings (SSSR count). The van der Waals surface area contributed by atoms with Crippen molar-refractivity contribution in [2.45, 2.75) is 20.8 Å². The summed E-state index contributed by atoms with van der Waals surface area (Å²) in [6.07, 6.45) is 0. The molecule has 7 heteroatoms. The molecular weight excluding hydrogens is 422 g/mol. The van der Waals surface area contributed by atoms with Gasteiger partial charge in [-0.2, -0.15) is 4.68 Å². The zero-order chi connectivity index (χ0) is 16.6. The lowest BCUT2D eigenvalue weighted by molar-refractivity contribution is 0.791. The maximum Gasteiger partial charge on any atom is 0.252 e. The average molecular weight is 437 g/mol. The summed E-state index contributed by atoms with van der Waals surface area (Å²) in [6, 6.07) is 10.1. The second kappa shape index (κ2) is 6.41. The molecule has 23 heavy (non-hydrogen) atoms. The molecule has 0 fully saturated rings. The Morgan fingerprint density at radius 2 is 1.87 bits per heavy atom. The van der Waals surface area contributed by atoms with Crippen LogP contribution in [0.15, 0.2) is 39.3 Å². The van der Waals surface area contributed by atoms with E-state index in [0.717, 1.165) is 25.9 Å². The summed E-state index contributed by atoms with van der Waals surface area (Å²) < 4.78 is 3.62. The van der Waals surface area contributed by atoms with Gasteiger partial charge in [-0.05, 0) is 97.9 Å². The fraction of sp³-hybridized carbons (Fsp3) is 0.188. The van der Waals surface area contributed by atoms with E-state index in [1.165, 1.54) is 11.1 Å². The highest BCUT2D eigenvalue weighted by Crippen LogP contribution is 2.37. The first-order valence-corrected chi connectivity index (χ1v) is 8.63.